The van der Waals surface area contributed by atoms with Gasteiger partial charge in [0.15, 0.2) is 0 Å². The highest BCUT2D eigenvalue weighted by atomic mass is 16.5. The fraction of sp³-hybridized carbons (Fsp3) is 0. The predicted molar refractivity (Wildman–Crippen MR) is 88.6 cm³/mol. The van der Waals surface area contributed by atoms with Crippen molar-refractivity contribution in [1.29, 1.82) is 0 Å². The smallest absolute Gasteiger partial charge is 0.271 e. The molecule has 0 aliphatic carbocycles. The first kappa shape index (κ1) is 16.9. The molecule has 0 heterocycles. The second-order valence-electron chi connectivity index (χ2n) is 4.72. The number of hydrogen-bond acceptors (Lipinski definition) is 5. The Hall–Kier alpha value is -3.45. The fourth-order valence-electron chi connectivity index (χ4n) is 1.75. The van der Waals surface area contributed by atoms with Crippen molar-refractivity contribution in [1.82, 2.24) is 10.9 Å². The summed E-state index contributed by atoms with van der Waals surface area (Å²) in [5.41, 5.74) is 5.71. The van der Waals surface area contributed by atoms with Crippen LogP contribution in [0.4, 0.5) is 0 Å². The molecule has 0 fully saturated rings. The van der Waals surface area contributed by atoms with Crippen LogP contribution in [0.1, 0.15) is 21.5 Å². The summed E-state index contributed by atoms with van der Waals surface area (Å²) in [6.45, 7) is 0. The molecule has 7 nitrogen and oxygen atoms in total. The molecule has 122 valence electrons. The van der Waals surface area contributed by atoms with Crippen LogP contribution in [-0.2, 0) is 4.79 Å². The van der Waals surface area contributed by atoms with E-state index in [9.17, 15) is 14.7 Å². The third-order valence-electron chi connectivity index (χ3n) is 2.98. The number of nitrogens with one attached hydrogen (secondary N) is 2. The predicted octanol–water partition coefficient (Wildman–Crippen LogP) is 1.67. The van der Waals surface area contributed by atoms with Crippen molar-refractivity contribution in [3.63, 3.8) is 0 Å². The van der Waals surface area contributed by atoms with Gasteiger partial charge in [-0.15, -0.1) is 0 Å². The van der Waals surface area contributed by atoms with Crippen LogP contribution in [0.3, 0.4) is 0 Å². The van der Waals surface area contributed by atoms with E-state index in [1.54, 1.807) is 36.4 Å². The van der Waals surface area contributed by atoms with Gasteiger partial charge in [-0.25, -0.2) is 10.9 Å². The molecule has 0 saturated heterocycles. The number of rotatable bonds is 5. The summed E-state index contributed by atoms with van der Waals surface area (Å²) in [5, 5.41) is 21.4. The van der Waals surface area contributed by atoms with Gasteiger partial charge >= 0.3 is 0 Å². The molecular weight excluding hydrogens is 310 g/mol. The van der Waals surface area contributed by atoms with E-state index in [0.29, 0.717) is 11.1 Å². The Balaban J connectivity index is 1.93. The number of carbonyl (C=O) groups is 2. The number of nitrogens with zero attached hydrogens (tertiary/aromatic N) is 1. The Morgan fingerprint density at radius 3 is 2.21 bits per heavy atom. The van der Waals surface area contributed by atoms with Crippen molar-refractivity contribution in [3.05, 3.63) is 71.3 Å². The van der Waals surface area contributed by atoms with Gasteiger partial charge in [0, 0.05) is 11.6 Å². The molecule has 4 N–H and O–H groups in total. The lowest BCUT2D eigenvalue weighted by molar-refractivity contribution is -0.124. The molecule has 0 atom stereocenters. The first-order chi connectivity index (χ1) is 11.6. The van der Waals surface area contributed by atoms with E-state index in [0.717, 1.165) is 11.6 Å². The van der Waals surface area contributed by atoms with Crippen LogP contribution in [0.2, 0.25) is 0 Å². The van der Waals surface area contributed by atoms with Gasteiger partial charge in [0.25, 0.3) is 11.8 Å². The quantitative estimate of drug-likeness (QED) is 0.290. The largest absolute Gasteiger partial charge is 0.508 e. The summed E-state index contributed by atoms with van der Waals surface area (Å²) >= 11 is 0. The molecule has 0 radical (unpaired) electrons. The molecule has 2 rings (SSSR count). The number of hydrazone groups is 1. The lowest BCUT2D eigenvalue weighted by Gasteiger charge is -2.01. The molecule has 7 heteroatoms. The van der Waals surface area contributed by atoms with Crippen LogP contribution in [0, 0.1) is 0 Å². The molecule has 2 amide bonds. The maximum atomic E-state index is 11.9. The molecule has 0 aliphatic rings. The minimum Gasteiger partial charge on any atom is -0.508 e. The third-order valence-corrected chi connectivity index (χ3v) is 2.98. The Labute approximate surface area is 137 Å². The van der Waals surface area contributed by atoms with Gasteiger partial charge in [-0.3, -0.25) is 14.8 Å². The van der Waals surface area contributed by atoms with Crippen molar-refractivity contribution in [2.75, 3.05) is 0 Å². The molecular formula is C17H15N3O4. The molecule has 0 spiro atoms. The number of hydroxylamine groups is 1. The Kier molecular flexibility index (Phi) is 5.82. The van der Waals surface area contributed by atoms with Gasteiger partial charge in [0.1, 0.15) is 5.75 Å². The van der Waals surface area contributed by atoms with Crippen LogP contribution in [-0.4, -0.2) is 28.3 Å². The maximum Gasteiger partial charge on any atom is 0.271 e. The lowest BCUT2D eigenvalue weighted by atomic mass is 10.1. The number of aromatic hydroxyl groups is 1. The Morgan fingerprint density at radius 2 is 1.58 bits per heavy atom. The van der Waals surface area contributed by atoms with E-state index in [-0.39, 0.29) is 11.7 Å². The van der Waals surface area contributed by atoms with Crippen LogP contribution >= 0.6 is 0 Å². The van der Waals surface area contributed by atoms with Gasteiger partial charge < -0.3 is 5.11 Å². The molecule has 24 heavy (non-hydrogen) atoms. The first-order valence-corrected chi connectivity index (χ1v) is 6.93. The minimum atomic E-state index is -0.639. The van der Waals surface area contributed by atoms with Gasteiger partial charge in [0.2, 0.25) is 0 Å². The number of phenolic OH excluding ortho intramolecular Hbond substituents is 1. The van der Waals surface area contributed by atoms with E-state index < -0.39 is 5.91 Å². The normalized spacial score (nSPS) is 10.9. The lowest BCUT2D eigenvalue weighted by Crippen LogP contribution is -2.17. The van der Waals surface area contributed by atoms with Crippen LogP contribution in [0.25, 0.3) is 6.08 Å². The highest BCUT2D eigenvalue weighted by molar-refractivity contribution is 5.95. The van der Waals surface area contributed by atoms with Gasteiger partial charge in [0.05, 0.1) is 6.21 Å². The number of amides is 2. The summed E-state index contributed by atoms with van der Waals surface area (Å²) in [6.07, 6.45) is 4.12. The van der Waals surface area contributed by atoms with Gasteiger partial charge in [-0.05, 0) is 53.6 Å². The van der Waals surface area contributed by atoms with E-state index in [1.165, 1.54) is 29.9 Å². The molecule has 2 aromatic carbocycles. The number of benzene rings is 2. The summed E-state index contributed by atoms with van der Waals surface area (Å²) in [5.74, 6) is -0.865. The monoisotopic (exact) mass is 325 g/mol. The van der Waals surface area contributed by atoms with E-state index in [1.807, 2.05) is 0 Å². The van der Waals surface area contributed by atoms with E-state index in [4.69, 9.17) is 5.21 Å². The highest BCUT2D eigenvalue weighted by Gasteiger charge is 2.03. The van der Waals surface area contributed by atoms with Crippen LogP contribution in [0.5, 0.6) is 5.75 Å². The Bertz CT molecular complexity index is 765. The van der Waals surface area contributed by atoms with Gasteiger partial charge in [-0.2, -0.15) is 5.10 Å². The van der Waals surface area contributed by atoms with Crippen molar-refractivity contribution in [2.45, 2.75) is 0 Å². The SMILES string of the molecule is O=C(/C=C/c1ccc(C(=O)N/N=C/c2ccc(O)cc2)cc1)NO. The third kappa shape index (κ3) is 5.08. The molecule has 0 aromatic heterocycles. The fourth-order valence-corrected chi connectivity index (χ4v) is 1.75. The topological polar surface area (TPSA) is 111 Å². The molecule has 2 aromatic rings. The number of phenols is 1. The first-order valence-electron chi connectivity index (χ1n) is 6.93. The van der Waals surface area contributed by atoms with Crippen LogP contribution in [0.15, 0.2) is 59.7 Å². The summed E-state index contributed by atoms with van der Waals surface area (Å²) < 4.78 is 0. The standard InChI is InChI=1S/C17H15N3O4/c21-15-8-3-13(4-9-15)11-18-19-17(23)14-6-1-12(2-7-14)5-10-16(22)20-24/h1-11,21,24H,(H,19,23)(H,20,22)/b10-5+,18-11+. The zero-order chi connectivity index (χ0) is 17.4. The summed E-state index contributed by atoms with van der Waals surface area (Å²) in [7, 11) is 0. The maximum absolute atomic E-state index is 11.9. The van der Waals surface area contributed by atoms with Crippen molar-refractivity contribution >= 4 is 24.1 Å². The number of hydrogen-bond donors (Lipinski definition) is 4. The molecule has 0 bridgehead atoms. The average Bonchev–Trinajstić information content (AvgIpc) is 2.61. The zero-order valence-corrected chi connectivity index (χ0v) is 12.5. The van der Waals surface area contributed by atoms with Crippen LogP contribution < -0.4 is 10.9 Å². The highest BCUT2D eigenvalue weighted by Crippen LogP contribution is 2.08. The zero-order valence-electron chi connectivity index (χ0n) is 12.5. The van der Waals surface area contributed by atoms with Gasteiger partial charge in [-0.1, -0.05) is 12.1 Å². The van der Waals surface area contributed by atoms with E-state index >= 15 is 0 Å². The number of carbonyl (C=O) groups excluding carboxylic acids is 2. The molecule has 0 aliphatic heterocycles. The molecule has 0 saturated carbocycles. The average molecular weight is 325 g/mol. The summed E-state index contributed by atoms with van der Waals surface area (Å²) in [4.78, 5) is 22.8. The van der Waals surface area contributed by atoms with Crippen molar-refractivity contribution < 1.29 is 19.9 Å². The van der Waals surface area contributed by atoms with E-state index in [2.05, 4.69) is 10.5 Å². The second-order valence-corrected chi connectivity index (χ2v) is 4.72. The minimum absolute atomic E-state index is 0.154. The molecule has 0 unspecified atom stereocenters. The second kappa shape index (κ2) is 8.25. The van der Waals surface area contributed by atoms with Crippen molar-refractivity contribution in [2.24, 2.45) is 5.10 Å². The summed E-state index contributed by atoms with van der Waals surface area (Å²) in [6, 6.07) is 12.8. The Morgan fingerprint density at radius 1 is 0.958 bits per heavy atom. The van der Waals surface area contributed by atoms with Crippen molar-refractivity contribution in [3.8, 4) is 5.75 Å².